The van der Waals surface area contributed by atoms with E-state index in [1.165, 1.54) is 29.9 Å². The van der Waals surface area contributed by atoms with E-state index < -0.39 is 5.60 Å². The average molecular weight is 263 g/mol. The van der Waals surface area contributed by atoms with Crippen LogP contribution in [0, 0.1) is 0 Å². The van der Waals surface area contributed by atoms with Crippen LogP contribution in [0.1, 0.15) is 22.3 Å². The summed E-state index contributed by atoms with van der Waals surface area (Å²) < 4.78 is 0. The van der Waals surface area contributed by atoms with Gasteiger partial charge in [0.15, 0.2) is 0 Å². The first kappa shape index (κ1) is 12.7. The van der Waals surface area contributed by atoms with Crippen molar-refractivity contribution in [3.63, 3.8) is 0 Å². The number of amides is 1. The highest BCUT2D eigenvalue weighted by Crippen LogP contribution is 2.24. The Kier molecular flexibility index (Phi) is 3.69. The molecule has 1 atom stereocenters. The van der Waals surface area contributed by atoms with Crippen LogP contribution in [0.3, 0.4) is 0 Å². The van der Waals surface area contributed by atoms with Gasteiger partial charge in [-0.05, 0) is 18.4 Å². The van der Waals surface area contributed by atoms with E-state index in [0.29, 0.717) is 0 Å². The first-order valence-corrected chi connectivity index (χ1v) is 6.28. The van der Waals surface area contributed by atoms with Gasteiger partial charge in [0.2, 0.25) is 0 Å². The molecule has 0 saturated heterocycles. The second-order valence-electron chi connectivity index (χ2n) is 4.02. The van der Waals surface area contributed by atoms with Gasteiger partial charge in [-0.2, -0.15) is 0 Å². The summed E-state index contributed by atoms with van der Waals surface area (Å²) >= 11 is 1.45. The zero-order valence-electron chi connectivity index (χ0n) is 9.83. The van der Waals surface area contributed by atoms with E-state index >= 15 is 0 Å². The molecule has 0 radical (unpaired) electrons. The third kappa shape index (κ3) is 2.91. The zero-order chi connectivity index (χ0) is 13.0. The summed E-state index contributed by atoms with van der Waals surface area (Å²) in [7, 11) is 0. The van der Waals surface area contributed by atoms with Crippen LogP contribution in [0.15, 0.2) is 36.1 Å². The topological polar surface area (TPSA) is 75.1 Å². The largest absolute Gasteiger partial charge is 0.383 e. The van der Waals surface area contributed by atoms with Crippen molar-refractivity contribution >= 4 is 17.2 Å². The van der Waals surface area contributed by atoms with Gasteiger partial charge in [-0.25, -0.2) is 4.98 Å². The van der Waals surface area contributed by atoms with Crippen molar-refractivity contribution < 1.29 is 9.90 Å². The number of thiophene rings is 1. The second kappa shape index (κ2) is 5.24. The summed E-state index contributed by atoms with van der Waals surface area (Å²) in [4.78, 5) is 20.3. The smallest absolute Gasteiger partial charge is 0.271 e. The minimum absolute atomic E-state index is 0.128. The van der Waals surface area contributed by atoms with Crippen molar-refractivity contribution in [3.8, 4) is 0 Å². The second-order valence-corrected chi connectivity index (χ2v) is 4.97. The highest BCUT2D eigenvalue weighted by molar-refractivity contribution is 7.10. The van der Waals surface area contributed by atoms with Crippen LogP contribution in [0.4, 0.5) is 0 Å². The molecule has 0 bridgehead atoms. The number of aromatic nitrogens is 2. The van der Waals surface area contributed by atoms with E-state index in [0.717, 1.165) is 4.88 Å². The van der Waals surface area contributed by atoms with Crippen LogP contribution in [-0.4, -0.2) is 27.5 Å². The lowest BCUT2D eigenvalue weighted by Gasteiger charge is -2.22. The van der Waals surface area contributed by atoms with Gasteiger partial charge in [0.25, 0.3) is 5.91 Å². The lowest BCUT2D eigenvalue weighted by atomic mass is 10.1. The fraction of sp³-hybridized carbons (Fsp3) is 0.250. The normalized spacial score (nSPS) is 13.9. The molecule has 0 spiro atoms. The highest BCUT2D eigenvalue weighted by Gasteiger charge is 2.25. The molecule has 2 rings (SSSR count). The van der Waals surface area contributed by atoms with Crippen molar-refractivity contribution in [1.29, 1.82) is 0 Å². The molecule has 0 saturated carbocycles. The molecule has 6 heteroatoms. The third-order valence-corrected chi connectivity index (χ3v) is 3.56. The van der Waals surface area contributed by atoms with Crippen LogP contribution >= 0.6 is 11.3 Å². The van der Waals surface area contributed by atoms with Gasteiger partial charge in [0, 0.05) is 17.3 Å². The van der Waals surface area contributed by atoms with Gasteiger partial charge in [-0.1, -0.05) is 6.07 Å². The van der Waals surface area contributed by atoms with Crippen LogP contribution < -0.4 is 5.32 Å². The number of nitrogens with zero attached hydrogens (tertiary/aromatic N) is 2. The van der Waals surface area contributed by atoms with Crippen molar-refractivity contribution in [2.45, 2.75) is 12.5 Å². The van der Waals surface area contributed by atoms with Crippen molar-refractivity contribution in [1.82, 2.24) is 15.3 Å². The summed E-state index contributed by atoms with van der Waals surface area (Å²) in [6.07, 6.45) is 4.33. The van der Waals surface area contributed by atoms with Crippen LogP contribution in [0.25, 0.3) is 0 Å². The fourth-order valence-electron chi connectivity index (χ4n) is 1.43. The van der Waals surface area contributed by atoms with Gasteiger partial charge in [-0.3, -0.25) is 9.78 Å². The lowest BCUT2D eigenvalue weighted by molar-refractivity contribution is 0.0555. The Morgan fingerprint density at radius 1 is 1.56 bits per heavy atom. The lowest BCUT2D eigenvalue weighted by Crippen LogP contribution is -2.38. The number of carbonyl (C=O) groups excluding carboxylic acids is 1. The molecule has 94 valence electrons. The molecule has 0 fully saturated rings. The zero-order valence-corrected chi connectivity index (χ0v) is 10.6. The number of carbonyl (C=O) groups is 1. The average Bonchev–Trinajstić information content (AvgIpc) is 2.92. The standard InChI is InChI=1S/C12H13N3O2S/c1-12(17,10-3-2-6-18-10)8-15-11(16)9-7-13-4-5-14-9/h2-7,17H,8H2,1H3,(H,15,16). The van der Waals surface area contributed by atoms with Crippen LogP contribution in [0.2, 0.25) is 0 Å². The number of nitrogens with one attached hydrogen (secondary N) is 1. The van der Waals surface area contributed by atoms with E-state index in [2.05, 4.69) is 15.3 Å². The Morgan fingerprint density at radius 2 is 2.39 bits per heavy atom. The molecule has 18 heavy (non-hydrogen) atoms. The summed E-state index contributed by atoms with van der Waals surface area (Å²) in [6.45, 7) is 1.79. The van der Waals surface area contributed by atoms with Gasteiger partial charge in [0.1, 0.15) is 11.3 Å². The molecule has 0 aliphatic carbocycles. The molecule has 0 aromatic carbocycles. The Hall–Kier alpha value is -1.79. The Balaban J connectivity index is 1.98. The fourth-order valence-corrected chi connectivity index (χ4v) is 2.22. The monoisotopic (exact) mass is 263 g/mol. The van der Waals surface area contributed by atoms with E-state index in [9.17, 15) is 9.90 Å². The first-order chi connectivity index (χ1) is 8.59. The molecule has 2 aromatic rings. The van der Waals surface area contributed by atoms with Crippen LogP contribution in [0.5, 0.6) is 0 Å². The summed E-state index contributed by atoms with van der Waals surface area (Å²) in [5, 5.41) is 14.8. The van der Waals surface area contributed by atoms with Crippen molar-refractivity contribution in [3.05, 3.63) is 46.7 Å². The number of hydrogen-bond donors (Lipinski definition) is 2. The predicted octanol–water partition coefficient (Wildman–Crippen LogP) is 1.18. The minimum Gasteiger partial charge on any atom is -0.383 e. The maximum Gasteiger partial charge on any atom is 0.271 e. The van der Waals surface area contributed by atoms with Crippen molar-refractivity contribution in [2.75, 3.05) is 6.54 Å². The molecule has 0 aliphatic rings. The Labute approximate surface area is 109 Å². The maximum atomic E-state index is 11.7. The molecule has 0 aliphatic heterocycles. The number of rotatable bonds is 4. The van der Waals surface area contributed by atoms with E-state index in [-0.39, 0.29) is 18.1 Å². The van der Waals surface area contributed by atoms with Crippen molar-refractivity contribution in [2.24, 2.45) is 0 Å². The quantitative estimate of drug-likeness (QED) is 0.868. The first-order valence-electron chi connectivity index (χ1n) is 5.40. The molecule has 5 nitrogen and oxygen atoms in total. The predicted molar refractivity (Wildman–Crippen MR) is 68.3 cm³/mol. The van der Waals surface area contributed by atoms with Gasteiger partial charge in [-0.15, -0.1) is 11.3 Å². The maximum absolute atomic E-state index is 11.7. The molecule has 2 N–H and O–H groups in total. The third-order valence-electron chi connectivity index (χ3n) is 2.44. The van der Waals surface area contributed by atoms with Crippen LogP contribution in [-0.2, 0) is 5.60 Å². The minimum atomic E-state index is -1.08. The van der Waals surface area contributed by atoms with Gasteiger partial charge in [0.05, 0.1) is 12.7 Å². The molecular weight excluding hydrogens is 250 g/mol. The van der Waals surface area contributed by atoms with Gasteiger partial charge >= 0.3 is 0 Å². The van der Waals surface area contributed by atoms with E-state index in [4.69, 9.17) is 0 Å². The number of aliphatic hydroxyl groups is 1. The molecule has 1 amide bonds. The molecule has 2 heterocycles. The molecule has 2 aromatic heterocycles. The summed E-state index contributed by atoms with van der Waals surface area (Å²) in [5.74, 6) is -0.347. The number of hydrogen-bond acceptors (Lipinski definition) is 5. The highest BCUT2D eigenvalue weighted by atomic mass is 32.1. The van der Waals surface area contributed by atoms with E-state index in [1.54, 1.807) is 6.92 Å². The SMILES string of the molecule is CC(O)(CNC(=O)c1cnccn1)c1cccs1. The van der Waals surface area contributed by atoms with Gasteiger partial charge < -0.3 is 10.4 Å². The Morgan fingerprint density at radius 3 is 3.00 bits per heavy atom. The molecular formula is C12H13N3O2S. The summed E-state index contributed by atoms with van der Waals surface area (Å²) in [5.41, 5.74) is -0.842. The Bertz CT molecular complexity index is 511. The molecule has 1 unspecified atom stereocenters. The van der Waals surface area contributed by atoms with E-state index in [1.807, 2.05) is 17.5 Å². The summed E-state index contributed by atoms with van der Waals surface area (Å²) in [6, 6.07) is 3.69.